The van der Waals surface area contributed by atoms with Crippen molar-refractivity contribution in [2.75, 3.05) is 0 Å². The van der Waals surface area contributed by atoms with Crippen LogP contribution in [0.1, 0.15) is 38.2 Å². The van der Waals surface area contributed by atoms with Crippen LogP contribution in [0, 0.1) is 17.6 Å². The van der Waals surface area contributed by atoms with Crippen LogP contribution in [0.3, 0.4) is 0 Å². The molecular formula is C16H19F2NO3. The SMILES string of the molecule is CC(NC(=O)CCCc1ccc(F)c(F)c1)(C(=O)O)C1CC1. The largest absolute Gasteiger partial charge is 0.480 e. The quantitative estimate of drug-likeness (QED) is 0.813. The van der Waals surface area contributed by atoms with E-state index in [1.165, 1.54) is 13.0 Å². The van der Waals surface area contributed by atoms with E-state index in [0.717, 1.165) is 25.0 Å². The van der Waals surface area contributed by atoms with Crippen LogP contribution >= 0.6 is 0 Å². The number of aliphatic carboxylic acids is 1. The Labute approximate surface area is 127 Å². The number of hydrogen-bond acceptors (Lipinski definition) is 2. The van der Waals surface area contributed by atoms with Crippen LogP contribution in [0.5, 0.6) is 0 Å². The van der Waals surface area contributed by atoms with Gasteiger partial charge in [-0.2, -0.15) is 0 Å². The lowest BCUT2D eigenvalue weighted by Crippen LogP contribution is -2.53. The molecule has 0 heterocycles. The highest BCUT2D eigenvalue weighted by atomic mass is 19.2. The molecule has 0 aromatic heterocycles. The molecule has 22 heavy (non-hydrogen) atoms. The lowest BCUT2D eigenvalue weighted by molar-refractivity contribution is -0.147. The van der Waals surface area contributed by atoms with Gasteiger partial charge in [0.1, 0.15) is 5.54 Å². The van der Waals surface area contributed by atoms with Crippen LogP contribution in [0.2, 0.25) is 0 Å². The summed E-state index contributed by atoms with van der Waals surface area (Å²) < 4.78 is 25.8. The van der Waals surface area contributed by atoms with Crippen LogP contribution in [0.25, 0.3) is 0 Å². The van der Waals surface area contributed by atoms with Crippen LogP contribution < -0.4 is 5.32 Å². The number of carbonyl (C=O) groups is 2. The minimum Gasteiger partial charge on any atom is -0.480 e. The molecule has 1 aliphatic carbocycles. The molecule has 2 N–H and O–H groups in total. The summed E-state index contributed by atoms with van der Waals surface area (Å²) in [7, 11) is 0. The number of halogens is 2. The number of hydrogen-bond donors (Lipinski definition) is 2. The molecular weight excluding hydrogens is 292 g/mol. The monoisotopic (exact) mass is 311 g/mol. The van der Waals surface area contributed by atoms with Crippen molar-refractivity contribution < 1.29 is 23.5 Å². The highest BCUT2D eigenvalue weighted by Gasteiger charge is 2.48. The summed E-state index contributed by atoms with van der Waals surface area (Å²) >= 11 is 0. The van der Waals surface area contributed by atoms with Gasteiger partial charge in [-0.3, -0.25) is 4.79 Å². The summed E-state index contributed by atoms with van der Waals surface area (Å²) in [5, 5.41) is 11.8. The van der Waals surface area contributed by atoms with E-state index in [2.05, 4.69) is 5.32 Å². The Hall–Kier alpha value is -1.98. The Morgan fingerprint density at radius 2 is 2.00 bits per heavy atom. The highest BCUT2D eigenvalue weighted by Crippen LogP contribution is 2.39. The topological polar surface area (TPSA) is 66.4 Å². The molecule has 4 nitrogen and oxygen atoms in total. The number of carboxylic acid groups (broad SMARTS) is 1. The number of benzene rings is 1. The van der Waals surface area contributed by atoms with Gasteiger partial charge < -0.3 is 10.4 Å². The number of amides is 1. The Balaban J connectivity index is 1.82. The van der Waals surface area contributed by atoms with Crippen molar-refractivity contribution in [1.29, 1.82) is 0 Å². The molecule has 1 unspecified atom stereocenters. The van der Waals surface area contributed by atoms with E-state index >= 15 is 0 Å². The molecule has 120 valence electrons. The van der Waals surface area contributed by atoms with Crippen molar-refractivity contribution in [3.63, 3.8) is 0 Å². The van der Waals surface area contributed by atoms with Gasteiger partial charge in [0.15, 0.2) is 11.6 Å². The molecule has 1 atom stereocenters. The zero-order chi connectivity index (χ0) is 16.3. The van der Waals surface area contributed by atoms with Crippen molar-refractivity contribution in [3.05, 3.63) is 35.4 Å². The molecule has 1 saturated carbocycles. The molecule has 6 heteroatoms. The van der Waals surface area contributed by atoms with E-state index in [9.17, 15) is 23.5 Å². The number of rotatable bonds is 7. The molecule has 0 bridgehead atoms. The zero-order valence-corrected chi connectivity index (χ0v) is 12.4. The molecule has 2 rings (SSSR count). The molecule has 1 fully saturated rings. The van der Waals surface area contributed by atoms with E-state index in [-0.39, 0.29) is 18.2 Å². The van der Waals surface area contributed by atoms with Gasteiger partial charge in [-0.25, -0.2) is 13.6 Å². The number of carboxylic acids is 1. The first-order valence-corrected chi connectivity index (χ1v) is 7.31. The minimum absolute atomic E-state index is 0.0138. The summed E-state index contributed by atoms with van der Waals surface area (Å²) in [4.78, 5) is 23.2. The fraction of sp³-hybridized carbons (Fsp3) is 0.500. The third kappa shape index (κ3) is 3.81. The number of carbonyl (C=O) groups excluding carboxylic acids is 1. The van der Waals surface area contributed by atoms with Crippen molar-refractivity contribution in [2.24, 2.45) is 5.92 Å². The van der Waals surface area contributed by atoms with Crippen LogP contribution in [0.15, 0.2) is 18.2 Å². The van der Waals surface area contributed by atoms with E-state index in [0.29, 0.717) is 18.4 Å². The minimum atomic E-state index is -1.21. The third-order valence-electron chi connectivity index (χ3n) is 4.09. The van der Waals surface area contributed by atoms with Gasteiger partial charge in [-0.05, 0) is 56.2 Å². The van der Waals surface area contributed by atoms with E-state index in [4.69, 9.17) is 0 Å². The predicted octanol–water partition coefficient (Wildman–Crippen LogP) is 2.66. The van der Waals surface area contributed by atoms with Gasteiger partial charge in [0.05, 0.1) is 0 Å². The highest BCUT2D eigenvalue weighted by molar-refractivity contribution is 5.87. The lowest BCUT2D eigenvalue weighted by Gasteiger charge is -2.26. The standard InChI is InChI=1S/C16H19F2NO3/c1-16(15(21)22,11-6-7-11)19-14(20)4-2-3-10-5-8-12(17)13(18)9-10/h5,8-9,11H,2-4,6-7H2,1H3,(H,19,20)(H,21,22). The molecule has 1 amide bonds. The average molecular weight is 311 g/mol. The lowest BCUT2D eigenvalue weighted by atomic mass is 9.95. The summed E-state index contributed by atoms with van der Waals surface area (Å²) in [5.74, 6) is -3.18. The van der Waals surface area contributed by atoms with Crippen molar-refractivity contribution in [1.82, 2.24) is 5.32 Å². The molecule has 1 aromatic carbocycles. The van der Waals surface area contributed by atoms with Crippen molar-refractivity contribution in [3.8, 4) is 0 Å². The molecule has 1 aromatic rings. The second-order valence-corrected chi connectivity index (χ2v) is 5.93. The van der Waals surface area contributed by atoms with Crippen molar-refractivity contribution >= 4 is 11.9 Å². The van der Waals surface area contributed by atoms with Gasteiger partial charge in [-0.1, -0.05) is 6.07 Å². The van der Waals surface area contributed by atoms with Gasteiger partial charge in [0.25, 0.3) is 0 Å². The van der Waals surface area contributed by atoms with Gasteiger partial charge in [0.2, 0.25) is 5.91 Å². The fourth-order valence-electron chi connectivity index (χ4n) is 2.49. The normalized spacial score (nSPS) is 16.9. The summed E-state index contributed by atoms with van der Waals surface area (Å²) in [6.45, 7) is 1.53. The summed E-state index contributed by atoms with van der Waals surface area (Å²) in [5.41, 5.74) is -0.603. The first kappa shape index (κ1) is 16.4. The average Bonchev–Trinajstić information content (AvgIpc) is 3.27. The molecule has 1 aliphatic rings. The Bertz CT molecular complexity index is 587. The van der Waals surface area contributed by atoms with Gasteiger partial charge in [-0.15, -0.1) is 0 Å². The van der Waals surface area contributed by atoms with E-state index < -0.39 is 23.1 Å². The second kappa shape index (κ2) is 6.42. The molecule has 0 saturated heterocycles. The molecule has 0 spiro atoms. The maximum Gasteiger partial charge on any atom is 0.329 e. The van der Waals surface area contributed by atoms with Crippen LogP contribution in [-0.2, 0) is 16.0 Å². The number of nitrogens with one attached hydrogen (secondary N) is 1. The van der Waals surface area contributed by atoms with E-state index in [1.54, 1.807) is 0 Å². The number of aryl methyl sites for hydroxylation is 1. The first-order valence-electron chi connectivity index (χ1n) is 7.31. The van der Waals surface area contributed by atoms with E-state index in [1.807, 2.05) is 0 Å². The third-order valence-corrected chi connectivity index (χ3v) is 4.09. The second-order valence-electron chi connectivity index (χ2n) is 5.93. The maximum atomic E-state index is 13.1. The molecule has 0 radical (unpaired) electrons. The summed E-state index contributed by atoms with van der Waals surface area (Å²) in [6, 6.07) is 3.64. The molecule has 0 aliphatic heterocycles. The van der Waals surface area contributed by atoms with Crippen molar-refractivity contribution in [2.45, 2.75) is 44.6 Å². The maximum absolute atomic E-state index is 13.1. The smallest absolute Gasteiger partial charge is 0.329 e. The summed E-state index contributed by atoms with van der Waals surface area (Å²) in [6.07, 6.45) is 2.62. The van der Waals surface area contributed by atoms with Gasteiger partial charge >= 0.3 is 5.97 Å². The van der Waals surface area contributed by atoms with Crippen LogP contribution in [-0.4, -0.2) is 22.5 Å². The Kier molecular flexibility index (Phi) is 4.78. The van der Waals surface area contributed by atoms with Crippen LogP contribution in [0.4, 0.5) is 8.78 Å². The predicted molar refractivity (Wildman–Crippen MR) is 76.2 cm³/mol. The Morgan fingerprint density at radius 3 is 2.55 bits per heavy atom. The van der Waals surface area contributed by atoms with Gasteiger partial charge in [0, 0.05) is 6.42 Å². The fourth-order valence-corrected chi connectivity index (χ4v) is 2.49. The first-order chi connectivity index (χ1) is 10.3. The zero-order valence-electron chi connectivity index (χ0n) is 12.4. The Morgan fingerprint density at radius 1 is 1.32 bits per heavy atom.